The summed E-state index contributed by atoms with van der Waals surface area (Å²) in [6.07, 6.45) is 0. The maximum atomic E-state index is 14.2. The summed E-state index contributed by atoms with van der Waals surface area (Å²) >= 11 is 3.05. The minimum Gasteiger partial charge on any atom is -0.399 e. The third-order valence-electron chi connectivity index (χ3n) is 5.35. The number of nitrogens with two attached hydrogens (primary N) is 2. The first-order chi connectivity index (χ1) is 12.8. The summed E-state index contributed by atoms with van der Waals surface area (Å²) in [7, 11) is -0.686. The molecule has 0 spiro atoms. The molecule has 4 N–H and O–H groups in total. The molecule has 4 nitrogen and oxygen atoms in total. The quantitative estimate of drug-likeness (QED) is 0.491. The second kappa shape index (κ2) is 8.01. The van der Waals surface area contributed by atoms with Gasteiger partial charge in [0, 0.05) is 28.0 Å². The molecule has 0 radical (unpaired) electrons. The lowest BCUT2D eigenvalue weighted by molar-refractivity contribution is 0.00578. The van der Waals surface area contributed by atoms with E-state index in [1.165, 1.54) is 0 Å². The van der Waals surface area contributed by atoms with Gasteiger partial charge in [0.1, 0.15) is 11.6 Å². The summed E-state index contributed by atoms with van der Waals surface area (Å²) < 4.78 is 39.1. The Morgan fingerprint density at radius 1 is 0.821 bits per heavy atom. The van der Waals surface area contributed by atoms with Crippen molar-refractivity contribution < 1.29 is 18.1 Å². The van der Waals surface area contributed by atoms with E-state index in [1.54, 1.807) is 38.1 Å². The molecule has 152 valence electrons. The van der Waals surface area contributed by atoms with Crippen LogP contribution in [0.3, 0.4) is 0 Å². The second-order valence-corrected chi connectivity index (χ2v) is 8.70. The summed E-state index contributed by atoms with van der Waals surface area (Å²) in [5.41, 5.74) is 12.4. The average molecular weight is 455 g/mol. The third kappa shape index (κ3) is 4.34. The summed E-state index contributed by atoms with van der Waals surface area (Å²) in [6.45, 7) is 11.1. The van der Waals surface area contributed by atoms with Crippen LogP contribution in [0.2, 0.25) is 0 Å². The Kier molecular flexibility index (Phi) is 6.48. The van der Waals surface area contributed by atoms with Crippen LogP contribution in [0.1, 0.15) is 38.8 Å². The van der Waals surface area contributed by atoms with Gasteiger partial charge in [0.15, 0.2) is 0 Å². The predicted octanol–water partition coefficient (Wildman–Crippen LogP) is 4.49. The first-order valence-electron chi connectivity index (χ1n) is 8.88. The highest BCUT2D eigenvalue weighted by Crippen LogP contribution is 2.36. The van der Waals surface area contributed by atoms with Crippen molar-refractivity contribution in [2.45, 2.75) is 52.7 Å². The maximum Gasteiger partial charge on any atom is 0.497 e. The Hall–Kier alpha value is -1.64. The zero-order chi connectivity index (χ0) is 21.4. The van der Waals surface area contributed by atoms with Crippen molar-refractivity contribution >= 4 is 39.9 Å². The lowest BCUT2D eigenvalue weighted by Gasteiger charge is -2.32. The van der Waals surface area contributed by atoms with Crippen molar-refractivity contribution in [1.82, 2.24) is 0 Å². The Balaban J connectivity index is 0.000000237. The predicted molar refractivity (Wildman–Crippen MR) is 115 cm³/mol. The van der Waals surface area contributed by atoms with Crippen LogP contribution < -0.4 is 16.9 Å². The minimum absolute atomic E-state index is 0.278. The molecule has 1 fully saturated rings. The number of benzene rings is 2. The van der Waals surface area contributed by atoms with Crippen LogP contribution in [0.25, 0.3) is 0 Å². The molecule has 28 heavy (non-hydrogen) atoms. The molecule has 2 aromatic carbocycles. The van der Waals surface area contributed by atoms with Crippen molar-refractivity contribution in [3.8, 4) is 0 Å². The number of anilines is 2. The molecule has 3 rings (SSSR count). The zero-order valence-electron chi connectivity index (χ0n) is 17.0. The molecule has 0 unspecified atom stereocenters. The largest absolute Gasteiger partial charge is 0.497 e. The van der Waals surface area contributed by atoms with Gasteiger partial charge in [-0.3, -0.25) is 0 Å². The third-order valence-corrected chi connectivity index (χ3v) is 5.96. The fraction of sp³-hybridized carbons (Fsp3) is 0.400. The van der Waals surface area contributed by atoms with Crippen LogP contribution in [0.15, 0.2) is 28.7 Å². The van der Waals surface area contributed by atoms with E-state index >= 15 is 0 Å². The van der Waals surface area contributed by atoms with Crippen LogP contribution in [-0.4, -0.2) is 18.3 Å². The normalized spacial score (nSPS) is 17.2. The average Bonchev–Trinajstić information content (AvgIpc) is 2.82. The number of hydrogen-bond donors (Lipinski definition) is 2. The van der Waals surface area contributed by atoms with Gasteiger partial charge in [0.25, 0.3) is 0 Å². The Morgan fingerprint density at radius 3 is 1.71 bits per heavy atom. The topological polar surface area (TPSA) is 70.5 Å². The highest BCUT2D eigenvalue weighted by Gasteiger charge is 2.52. The summed E-state index contributed by atoms with van der Waals surface area (Å²) in [4.78, 5) is 0. The van der Waals surface area contributed by atoms with E-state index in [1.807, 2.05) is 27.7 Å². The summed E-state index contributed by atoms with van der Waals surface area (Å²) in [6, 6.07) is 6.57. The van der Waals surface area contributed by atoms with Gasteiger partial charge in [-0.05, 0) is 75.7 Å². The molecule has 0 aromatic heterocycles. The standard InChI is InChI=1S/C13H19BFNO2.C7H7BrFN/c1-8-10(16)7-6-9(11(8)15)14-17-12(2,3)13(4,5)18-14;1-4-6(10)3-2-5(8)7(4)9/h6-7H,16H2,1-5H3;2-3H,10H2,1H3. The van der Waals surface area contributed by atoms with Crippen molar-refractivity contribution in [1.29, 1.82) is 0 Å². The van der Waals surface area contributed by atoms with Crippen LogP contribution in [0.4, 0.5) is 20.2 Å². The van der Waals surface area contributed by atoms with Crippen LogP contribution >= 0.6 is 15.9 Å². The van der Waals surface area contributed by atoms with E-state index in [4.69, 9.17) is 20.8 Å². The van der Waals surface area contributed by atoms with E-state index in [0.29, 0.717) is 32.4 Å². The molecule has 0 atom stereocenters. The Labute approximate surface area is 173 Å². The van der Waals surface area contributed by atoms with E-state index in [-0.39, 0.29) is 11.6 Å². The second-order valence-electron chi connectivity index (χ2n) is 7.85. The van der Waals surface area contributed by atoms with Crippen molar-refractivity contribution in [2.24, 2.45) is 0 Å². The molecule has 2 aromatic rings. The number of rotatable bonds is 1. The van der Waals surface area contributed by atoms with Gasteiger partial charge in [-0.25, -0.2) is 8.78 Å². The van der Waals surface area contributed by atoms with Crippen molar-refractivity contribution in [3.05, 3.63) is 51.5 Å². The van der Waals surface area contributed by atoms with E-state index < -0.39 is 18.3 Å². The van der Waals surface area contributed by atoms with Gasteiger partial charge < -0.3 is 20.8 Å². The smallest absolute Gasteiger partial charge is 0.399 e. The molecule has 0 saturated carbocycles. The molecule has 1 heterocycles. The first kappa shape index (κ1) is 22.7. The minimum atomic E-state index is -0.686. The molecular weight excluding hydrogens is 429 g/mol. The van der Waals surface area contributed by atoms with Gasteiger partial charge in [-0.15, -0.1) is 0 Å². The Bertz CT molecular complexity index is 848. The number of nitrogen functional groups attached to an aromatic ring is 2. The molecule has 0 amide bonds. The molecule has 1 aliphatic rings. The monoisotopic (exact) mass is 454 g/mol. The maximum absolute atomic E-state index is 14.2. The van der Waals surface area contributed by atoms with Crippen molar-refractivity contribution in [2.75, 3.05) is 11.5 Å². The highest BCUT2D eigenvalue weighted by atomic mass is 79.9. The lowest BCUT2D eigenvalue weighted by Crippen LogP contribution is -2.41. The van der Waals surface area contributed by atoms with Gasteiger partial charge in [-0.2, -0.15) is 0 Å². The zero-order valence-corrected chi connectivity index (χ0v) is 18.6. The molecule has 1 saturated heterocycles. The van der Waals surface area contributed by atoms with Crippen LogP contribution in [0, 0.1) is 25.5 Å². The summed E-state index contributed by atoms with van der Waals surface area (Å²) in [5, 5.41) is 0. The van der Waals surface area contributed by atoms with E-state index in [0.717, 1.165) is 0 Å². The van der Waals surface area contributed by atoms with E-state index in [9.17, 15) is 8.78 Å². The van der Waals surface area contributed by atoms with E-state index in [2.05, 4.69) is 15.9 Å². The van der Waals surface area contributed by atoms with Gasteiger partial charge >= 0.3 is 7.12 Å². The fourth-order valence-electron chi connectivity index (χ4n) is 2.54. The fourth-order valence-corrected chi connectivity index (χ4v) is 2.97. The molecule has 0 bridgehead atoms. The van der Waals surface area contributed by atoms with Gasteiger partial charge in [-0.1, -0.05) is 6.07 Å². The molecule has 1 aliphatic heterocycles. The van der Waals surface area contributed by atoms with Crippen molar-refractivity contribution in [3.63, 3.8) is 0 Å². The molecule has 8 heteroatoms. The number of halogens is 3. The number of hydrogen-bond acceptors (Lipinski definition) is 4. The first-order valence-corrected chi connectivity index (χ1v) is 9.68. The lowest BCUT2D eigenvalue weighted by atomic mass is 9.77. The summed E-state index contributed by atoms with van der Waals surface area (Å²) in [5.74, 6) is -0.631. The van der Waals surface area contributed by atoms with Gasteiger partial charge in [0.2, 0.25) is 0 Å². The van der Waals surface area contributed by atoms with Crippen LogP contribution in [0.5, 0.6) is 0 Å². The highest BCUT2D eigenvalue weighted by molar-refractivity contribution is 9.10. The molecule has 0 aliphatic carbocycles. The molecular formula is C20H26BBrF2N2O2. The van der Waals surface area contributed by atoms with Gasteiger partial charge in [0.05, 0.1) is 15.7 Å². The van der Waals surface area contributed by atoms with Crippen LogP contribution in [-0.2, 0) is 9.31 Å². The SMILES string of the molecule is Cc1c(N)ccc(B2OC(C)(C)C(C)(C)O2)c1F.Cc1c(N)ccc(Br)c1F. The Morgan fingerprint density at radius 2 is 1.25 bits per heavy atom.